The summed E-state index contributed by atoms with van der Waals surface area (Å²) >= 11 is 6.14. The van der Waals surface area contributed by atoms with Crippen molar-refractivity contribution in [3.8, 4) is 5.75 Å². The average molecular weight is 256 g/mol. The Kier molecular flexibility index (Phi) is 5.79. The van der Waals surface area contributed by atoms with Crippen molar-refractivity contribution in [1.29, 1.82) is 0 Å². The van der Waals surface area contributed by atoms with Gasteiger partial charge in [-0.05, 0) is 51.4 Å². The fourth-order valence-electron chi connectivity index (χ4n) is 1.54. The summed E-state index contributed by atoms with van der Waals surface area (Å²) in [6.07, 6.45) is 1.23. The zero-order valence-electron chi connectivity index (χ0n) is 11.1. The van der Waals surface area contributed by atoms with E-state index in [4.69, 9.17) is 16.3 Å². The first-order chi connectivity index (χ1) is 8.04. The Bertz CT molecular complexity index is 354. The van der Waals surface area contributed by atoms with Gasteiger partial charge in [0.25, 0.3) is 0 Å². The Morgan fingerprint density at radius 1 is 1.35 bits per heavy atom. The van der Waals surface area contributed by atoms with Gasteiger partial charge in [0, 0.05) is 6.04 Å². The zero-order chi connectivity index (χ0) is 12.8. The summed E-state index contributed by atoms with van der Waals surface area (Å²) < 4.78 is 5.86. The molecule has 0 fully saturated rings. The number of benzene rings is 1. The van der Waals surface area contributed by atoms with Crippen molar-refractivity contribution in [2.45, 2.75) is 46.3 Å². The van der Waals surface area contributed by atoms with E-state index in [0.29, 0.717) is 11.1 Å². The van der Waals surface area contributed by atoms with E-state index in [1.165, 1.54) is 0 Å². The van der Waals surface area contributed by atoms with Gasteiger partial charge in [-0.1, -0.05) is 24.6 Å². The quantitative estimate of drug-likeness (QED) is 0.835. The molecule has 1 N–H and O–H groups in total. The fourth-order valence-corrected chi connectivity index (χ4v) is 1.82. The van der Waals surface area contributed by atoms with Gasteiger partial charge < -0.3 is 10.1 Å². The minimum atomic E-state index is 0.0988. The number of rotatable bonds is 6. The zero-order valence-corrected chi connectivity index (χ0v) is 11.8. The van der Waals surface area contributed by atoms with E-state index in [9.17, 15) is 0 Å². The SMILES string of the molecule is CCCNC(C)C(C)Oc1ccc(C)cc1Cl. The van der Waals surface area contributed by atoms with Crippen LogP contribution in [-0.2, 0) is 0 Å². The van der Waals surface area contributed by atoms with Crippen molar-refractivity contribution in [2.75, 3.05) is 6.54 Å². The molecule has 1 rings (SSSR count). The Hall–Kier alpha value is -0.730. The van der Waals surface area contributed by atoms with Gasteiger partial charge in [-0.3, -0.25) is 0 Å². The van der Waals surface area contributed by atoms with Crippen LogP contribution in [-0.4, -0.2) is 18.7 Å². The number of halogens is 1. The van der Waals surface area contributed by atoms with Crippen molar-refractivity contribution >= 4 is 11.6 Å². The van der Waals surface area contributed by atoms with E-state index < -0.39 is 0 Å². The summed E-state index contributed by atoms with van der Waals surface area (Å²) in [4.78, 5) is 0. The highest BCUT2D eigenvalue weighted by Gasteiger charge is 2.14. The first-order valence-corrected chi connectivity index (χ1v) is 6.58. The third-order valence-electron chi connectivity index (χ3n) is 2.82. The molecular formula is C14H22ClNO. The normalized spacial score (nSPS) is 14.4. The van der Waals surface area contributed by atoms with Crippen molar-refractivity contribution in [3.63, 3.8) is 0 Å². The molecule has 0 radical (unpaired) electrons. The minimum absolute atomic E-state index is 0.0988. The van der Waals surface area contributed by atoms with Crippen LogP contribution in [0.1, 0.15) is 32.8 Å². The molecule has 3 heteroatoms. The summed E-state index contributed by atoms with van der Waals surface area (Å²) in [5.41, 5.74) is 1.15. The monoisotopic (exact) mass is 255 g/mol. The van der Waals surface area contributed by atoms with E-state index in [1.807, 2.05) is 25.1 Å². The second-order valence-corrected chi connectivity index (χ2v) is 4.91. The van der Waals surface area contributed by atoms with Crippen LogP contribution in [0.25, 0.3) is 0 Å². The number of ether oxygens (including phenoxy) is 1. The summed E-state index contributed by atoms with van der Waals surface area (Å²) in [6.45, 7) is 9.37. The smallest absolute Gasteiger partial charge is 0.138 e. The Balaban J connectivity index is 2.58. The molecular weight excluding hydrogens is 234 g/mol. The summed E-state index contributed by atoms with van der Waals surface area (Å²) in [7, 11) is 0. The Morgan fingerprint density at radius 3 is 2.65 bits per heavy atom. The van der Waals surface area contributed by atoms with E-state index >= 15 is 0 Å². The molecule has 0 aliphatic carbocycles. The molecule has 17 heavy (non-hydrogen) atoms. The standard InChI is InChI=1S/C14H22ClNO/c1-5-8-16-11(3)12(4)17-14-7-6-10(2)9-13(14)15/h6-7,9,11-12,16H,5,8H2,1-4H3. The molecule has 0 aliphatic rings. The maximum atomic E-state index is 6.14. The van der Waals surface area contributed by atoms with Crippen LogP contribution < -0.4 is 10.1 Å². The van der Waals surface area contributed by atoms with Gasteiger partial charge in [-0.2, -0.15) is 0 Å². The molecule has 0 spiro atoms. The maximum Gasteiger partial charge on any atom is 0.138 e. The van der Waals surface area contributed by atoms with Crippen LogP contribution in [0.2, 0.25) is 5.02 Å². The van der Waals surface area contributed by atoms with Crippen molar-refractivity contribution in [1.82, 2.24) is 5.32 Å². The van der Waals surface area contributed by atoms with Crippen molar-refractivity contribution in [2.24, 2.45) is 0 Å². The van der Waals surface area contributed by atoms with Crippen LogP contribution in [0, 0.1) is 6.92 Å². The van der Waals surface area contributed by atoms with Gasteiger partial charge >= 0.3 is 0 Å². The summed E-state index contributed by atoms with van der Waals surface area (Å²) in [6, 6.07) is 6.18. The molecule has 0 amide bonds. The number of aryl methyl sites for hydroxylation is 1. The molecule has 0 saturated heterocycles. The lowest BCUT2D eigenvalue weighted by Gasteiger charge is -2.23. The molecule has 1 aromatic carbocycles. The molecule has 0 heterocycles. The van der Waals surface area contributed by atoms with Gasteiger partial charge in [0.15, 0.2) is 0 Å². The molecule has 0 bridgehead atoms. The van der Waals surface area contributed by atoms with Crippen LogP contribution in [0.3, 0.4) is 0 Å². The number of hydrogen-bond donors (Lipinski definition) is 1. The van der Waals surface area contributed by atoms with Crippen LogP contribution >= 0.6 is 11.6 Å². The lowest BCUT2D eigenvalue weighted by Crippen LogP contribution is -2.39. The lowest BCUT2D eigenvalue weighted by atomic mass is 10.2. The lowest BCUT2D eigenvalue weighted by molar-refractivity contribution is 0.178. The predicted octanol–water partition coefficient (Wildman–Crippen LogP) is 3.80. The molecule has 2 atom stereocenters. The maximum absolute atomic E-state index is 6.14. The highest BCUT2D eigenvalue weighted by molar-refractivity contribution is 6.32. The first kappa shape index (κ1) is 14.3. The molecule has 2 unspecified atom stereocenters. The fraction of sp³-hybridized carbons (Fsp3) is 0.571. The summed E-state index contributed by atoms with van der Waals surface area (Å²) in [5, 5.41) is 4.10. The van der Waals surface area contributed by atoms with Crippen LogP contribution in [0.4, 0.5) is 0 Å². The molecule has 1 aromatic rings. The highest BCUT2D eigenvalue weighted by Crippen LogP contribution is 2.26. The molecule has 96 valence electrons. The van der Waals surface area contributed by atoms with E-state index in [0.717, 1.165) is 24.3 Å². The van der Waals surface area contributed by atoms with E-state index in [-0.39, 0.29) is 6.10 Å². The van der Waals surface area contributed by atoms with Crippen molar-refractivity contribution in [3.05, 3.63) is 28.8 Å². The van der Waals surface area contributed by atoms with Gasteiger partial charge in [-0.15, -0.1) is 0 Å². The Labute approximate surface area is 109 Å². The van der Waals surface area contributed by atoms with E-state index in [2.05, 4.69) is 26.1 Å². The van der Waals surface area contributed by atoms with Gasteiger partial charge in [-0.25, -0.2) is 0 Å². The summed E-state index contributed by atoms with van der Waals surface area (Å²) in [5.74, 6) is 0.759. The second kappa shape index (κ2) is 6.87. The Morgan fingerprint density at radius 2 is 2.06 bits per heavy atom. The largest absolute Gasteiger partial charge is 0.488 e. The van der Waals surface area contributed by atoms with Crippen molar-refractivity contribution < 1.29 is 4.74 Å². The average Bonchev–Trinajstić information content (AvgIpc) is 2.29. The predicted molar refractivity (Wildman–Crippen MR) is 74.0 cm³/mol. The van der Waals surface area contributed by atoms with E-state index in [1.54, 1.807) is 0 Å². The van der Waals surface area contributed by atoms with Gasteiger partial charge in [0.2, 0.25) is 0 Å². The van der Waals surface area contributed by atoms with Crippen LogP contribution in [0.5, 0.6) is 5.75 Å². The van der Waals surface area contributed by atoms with Gasteiger partial charge in [0.1, 0.15) is 11.9 Å². The third-order valence-corrected chi connectivity index (χ3v) is 3.12. The number of hydrogen-bond acceptors (Lipinski definition) is 2. The third kappa shape index (κ3) is 4.57. The molecule has 0 saturated carbocycles. The molecule has 0 aromatic heterocycles. The van der Waals surface area contributed by atoms with Gasteiger partial charge in [0.05, 0.1) is 5.02 Å². The molecule has 2 nitrogen and oxygen atoms in total. The topological polar surface area (TPSA) is 21.3 Å². The minimum Gasteiger partial charge on any atom is -0.488 e. The number of nitrogens with one attached hydrogen (secondary N) is 1. The van der Waals surface area contributed by atoms with Crippen LogP contribution in [0.15, 0.2) is 18.2 Å². The second-order valence-electron chi connectivity index (χ2n) is 4.50. The first-order valence-electron chi connectivity index (χ1n) is 6.20. The molecule has 0 aliphatic heterocycles. The highest BCUT2D eigenvalue weighted by atomic mass is 35.5.